The van der Waals surface area contributed by atoms with E-state index in [-0.39, 0.29) is 17.2 Å². The first-order valence-electron chi connectivity index (χ1n) is 9.97. The normalized spacial score (nSPS) is 13.1. The third-order valence-corrected chi connectivity index (χ3v) is 6.12. The molecular formula is C22H23N5O4S. The minimum atomic E-state index is -0.596. The molecule has 4 rings (SSSR count). The number of carbonyl (C=O) groups excluding carboxylic acids is 2. The number of thioether (sulfide) groups is 1. The second kappa shape index (κ2) is 8.62. The molecule has 0 fully saturated rings. The van der Waals surface area contributed by atoms with Crippen LogP contribution in [0.4, 0.5) is 0 Å². The van der Waals surface area contributed by atoms with Gasteiger partial charge in [0.15, 0.2) is 5.78 Å². The number of ketones is 1. The molecule has 0 aliphatic carbocycles. The van der Waals surface area contributed by atoms with E-state index in [0.717, 1.165) is 21.7 Å². The van der Waals surface area contributed by atoms with Crippen molar-refractivity contribution >= 4 is 29.2 Å². The average Bonchev–Trinajstić information content (AvgIpc) is 3.49. The van der Waals surface area contributed by atoms with Crippen LogP contribution in [0.1, 0.15) is 49.5 Å². The van der Waals surface area contributed by atoms with Gasteiger partial charge in [0.1, 0.15) is 17.7 Å². The summed E-state index contributed by atoms with van der Waals surface area (Å²) in [6.45, 7) is 4.14. The Kier molecular flexibility index (Phi) is 5.88. The van der Waals surface area contributed by atoms with E-state index in [9.17, 15) is 9.59 Å². The summed E-state index contributed by atoms with van der Waals surface area (Å²) in [7, 11) is 3.34. The molecular weight excluding hydrogens is 430 g/mol. The zero-order valence-electron chi connectivity index (χ0n) is 18.5. The van der Waals surface area contributed by atoms with Crippen LogP contribution in [-0.2, 0) is 18.9 Å². The van der Waals surface area contributed by atoms with Gasteiger partial charge in [0.25, 0.3) is 0 Å². The highest BCUT2D eigenvalue weighted by atomic mass is 32.2. The topological polar surface area (TPSA) is 101 Å². The minimum Gasteiger partial charge on any atom is -0.403 e. The molecule has 32 heavy (non-hydrogen) atoms. The second-order valence-electron chi connectivity index (χ2n) is 7.44. The average molecular weight is 454 g/mol. The maximum atomic E-state index is 13.5. The Morgan fingerprint density at radius 3 is 2.56 bits per heavy atom. The lowest BCUT2D eigenvalue weighted by atomic mass is 9.93. The first kappa shape index (κ1) is 21.8. The Morgan fingerprint density at radius 1 is 1.16 bits per heavy atom. The number of carbonyl (C=O) groups is 2. The quantitative estimate of drug-likeness (QED) is 0.321. The van der Waals surface area contributed by atoms with E-state index >= 15 is 0 Å². The Bertz CT molecular complexity index is 1260. The summed E-state index contributed by atoms with van der Waals surface area (Å²) in [5.41, 5.74) is 4.11. The van der Waals surface area contributed by atoms with Gasteiger partial charge < -0.3 is 9.57 Å². The van der Waals surface area contributed by atoms with Gasteiger partial charge in [-0.3, -0.25) is 9.48 Å². The summed E-state index contributed by atoms with van der Waals surface area (Å²) < 4.78 is 8.50. The summed E-state index contributed by atoms with van der Waals surface area (Å²) in [5, 5.41) is 12.5. The van der Waals surface area contributed by atoms with E-state index in [1.54, 1.807) is 45.0 Å². The molecule has 0 saturated carbocycles. The van der Waals surface area contributed by atoms with Crippen molar-refractivity contribution in [2.45, 2.75) is 25.2 Å². The highest BCUT2D eigenvalue weighted by Gasteiger charge is 2.27. The van der Waals surface area contributed by atoms with Crippen LogP contribution in [0, 0.1) is 13.8 Å². The number of rotatable bonds is 6. The van der Waals surface area contributed by atoms with Crippen LogP contribution < -0.4 is 4.74 Å². The highest BCUT2D eigenvalue weighted by molar-refractivity contribution is 7.98. The number of nitrogens with zero attached hydrogens (tertiary/aromatic N) is 5. The molecule has 0 saturated heterocycles. The predicted molar refractivity (Wildman–Crippen MR) is 120 cm³/mol. The number of aromatic nitrogens is 4. The Labute approximate surface area is 189 Å². The minimum absolute atomic E-state index is 0.0830. The summed E-state index contributed by atoms with van der Waals surface area (Å²) in [6, 6.07) is 3.69. The molecule has 0 radical (unpaired) electrons. The predicted octanol–water partition coefficient (Wildman–Crippen LogP) is 3.07. The van der Waals surface area contributed by atoms with Crippen LogP contribution >= 0.6 is 11.8 Å². The molecule has 1 aliphatic rings. The zero-order valence-corrected chi connectivity index (χ0v) is 19.3. The standard InChI is InChI=1S/C22H23N5O4S/c1-12-14(6-7-18(32-5)19(12)17-8-9-30-25-17)20(28)15-10-23-27(4)21(15)31-22(29)16-11-26(3)24-13(16)2/h6-7,10-11H,8-9H2,1-5H3. The van der Waals surface area contributed by atoms with Crippen LogP contribution in [0.5, 0.6) is 5.88 Å². The van der Waals surface area contributed by atoms with E-state index in [4.69, 9.17) is 9.57 Å². The summed E-state index contributed by atoms with van der Waals surface area (Å²) in [5.74, 6) is -0.796. The molecule has 9 nitrogen and oxygen atoms in total. The molecule has 3 heterocycles. The monoisotopic (exact) mass is 453 g/mol. The van der Waals surface area contributed by atoms with E-state index in [1.807, 2.05) is 19.2 Å². The maximum absolute atomic E-state index is 13.5. The van der Waals surface area contributed by atoms with Gasteiger partial charge in [-0.25, -0.2) is 9.48 Å². The fourth-order valence-corrected chi connectivity index (χ4v) is 4.41. The number of esters is 1. The molecule has 0 amide bonds. The van der Waals surface area contributed by atoms with E-state index in [1.165, 1.54) is 15.6 Å². The summed E-state index contributed by atoms with van der Waals surface area (Å²) in [4.78, 5) is 32.5. The summed E-state index contributed by atoms with van der Waals surface area (Å²) >= 11 is 1.59. The van der Waals surface area contributed by atoms with Crippen molar-refractivity contribution in [1.82, 2.24) is 19.6 Å². The zero-order chi connectivity index (χ0) is 23.0. The van der Waals surface area contributed by atoms with Crippen molar-refractivity contribution in [2.24, 2.45) is 19.3 Å². The van der Waals surface area contributed by atoms with Crippen LogP contribution in [-0.4, -0.2) is 49.9 Å². The van der Waals surface area contributed by atoms with E-state index < -0.39 is 5.97 Å². The fraction of sp³-hybridized carbons (Fsp3) is 0.318. The molecule has 10 heteroatoms. The molecule has 0 N–H and O–H groups in total. The Balaban J connectivity index is 1.72. The number of hydrogen-bond donors (Lipinski definition) is 0. The SMILES string of the molecule is CSc1ccc(C(=O)c2cnn(C)c2OC(=O)c2cn(C)nc2C)c(C)c1C1=NOCC1. The van der Waals surface area contributed by atoms with Gasteiger partial charge >= 0.3 is 5.97 Å². The van der Waals surface area contributed by atoms with E-state index in [2.05, 4.69) is 15.4 Å². The van der Waals surface area contributed by atoms with Crippen molar-refractivity contribution in [1.29, 1.82) is 0 Å². The number of aryl methyl sites for hydroxylation is 3. The third kappa shape index (κ3) is 3.81. The molecule has 0 spiro atoms. The Hall–Kier alpha value is -3.40. The third-order valence-electron chi connectivity index (χ3n) is 5.34. The van der Waals surface area contributed by atoms with Crippen LogP contribution in [0.25, 0.3) is 0 Å². The van der Waals surface area contributed by atoms with Crippen molar-refractivity contribution in [2.75, 3.05) is 12.9 Å². The van der Waals surface area contributed by atoms with Gasteiger partial charge in [-0.05, 0) is 37.8 Å². The van der Waals surface area contributed by atoms with Crippen molar-refractivity contribution in [3.05, 3.63) is 58.0 Å². The smallest absolute Gasteiger partial charge is 0.348 e. The van der Waals surface area contributed by atoms with Crippen LogP contribution in [0.15, 0.2) is 34.6 Å². The molecule has 166 valence electrons. The van der Waals surface area contributed by atoms with Gasteiger partial charge in [0.2, 0.25) is 5.88 Å². The lowest BCUT2D eigenvalue weighted by Gasteiger charge is -2.14. The molecule has 3 aromatic rings. The first-order chi connectivity index (χ1) is 15.3. The number of hydrogen-bond acceptors (Lipinski definition) is 8. The lowest BCUT2D eigenvalue weighted by molar-refractivity contribution is 0.0717. The largest absolute Gasteiger partial charge is 0.403 e. The molecule has 0 unspecified atom stereocenters. The van der Waals surface area contributed by atoms with Crippen LogP contribution in [0.2, 0.25) is 0 Å². The van der Waals surface area contributed by atoms with Crippen molar-refractivity contribution in [3.8, 4) is 5.88 Å². The molecule has 1 aromatic carbocycles. The number of oxime groups is 1. The lowest BCUT2D eigenvalue weighted by Crippen LogP contribution is -2.15. The number of benzene rings is 1. The first-order valence-corrected chi connectivity index (χ1v) is 11.2. The Morgan fingerprint density at radius 2 is 1.94 bits per heavy atom. The van der Waals surface area contributed by atoms with E-state index in [0.29, 0.717) is 29.8 Å². The highest BCUT2D eigenvalue weighted by Crippen LogP contribution is 2.31. The molecule has 1 aliphatic heterocycles. The fourth-order valence-electron chi connectivity index (χ4n) is 3.73. The van der Waals surface area contributed by atoms with Gasteiger partial charge in [-0.1, -0.05) is 5.16 Å². The molecule has 0 bridgehead atoms. The maximum Gasteiger partial charge on any atom is 0.348 e. The van der Waals surface area contributed by atoms with Gasteiger partial charge in [-0.2, -0.15) is 10.2 Å². The summed E-state index contributed by atoms with van der Waals surface area (Å²) in [6.07, 6.45) is 5.66. The number of ether oxygens (including phenoxy) is 1. The van der Waals surface area contributed by atoms with Gasteiger partial charge in [0.05, 0.1) is 17.6 Å². The van der Waals surface area contributed by atoms with Crippen molar-refractivity contribution < 1.29 is 19.2 Å². The van der Waals surface area contributed by atoms with Gasteiger partial charge in [0, 0.05) is 42.7 Å². The van der Waals surface area contributed by atoms with Crippen LogP contribution in [0.3, 0.4) is 0 Å². The van der Waals surface area contributed by atoms with Crippen molar-refractivity contribution in [3.63, 3.8) is 0 Å². The molecule has 2 aromatic heterocycles. The van der Waals surface area contributed by atoms with Gasteiger partial charge in [-0.15, -0.1) is 11.8 Å². The second-order valence-corrected chi connectivity index (χ2v) is 8.29. The molecule has 0 atom stereocenters.